The van der Waals surface area contributed by atoms with Crippen LogP contribution < -0.4 is 0 Å². The Hall–Kier alpha value is -0.650. The molecule has 0 fully saturated rings. The topological polar surface area (TPSA) is 81.0 Å². The van der Waals surface area contributed by atoms with Gasteiger partial charge in [-0.05, 0) is 27.7 Å². The summed E-state index contributed by atoms with van der Waals surface area (Å²) in [4.78, 5) is 12.6. The van der Waals surface area contributed by atoms with Crippen molar-refractivity contribution in [1.82, 2.24) is 4.90 Å². The largest absolute Gasteiger partial charge is 0.480 e. The Morgan fingerprint density at radius 2 is 1.53 bits per heavy atom. The summed E-state index contributed by atoms with van der Waals surface area (Å²) in [6.07, 6.45) is -1.25. The van der Waals surface area contributed by atoms with E-state index in [1.165, 1.54) is 0 Å². The summed E-state index contributed by atoms with van der Waals surface area (Å²) in [5.41, 5.74) is -1.09. The standard InChI is InChI=1S/C10H21NO4/c1-7(12)5-11(6-8(2)13)10(3,4)9(14)15/h7-8,12-13H,5-6H2,1-4H3,(H,14,15). The zero-order valence-electron chi connectivity index (χ0n) is 9.77. The maximum atomic E-state index is 11.0. The van der Waals surface area contributed by atoms with Crippen LogP contribution in [0.1, 0.15) is 27.7 Å². The highest BCUT2D eigenvalue weighted by atomic mass is 16.4. The van der Waals surface area contributed by atoms with Crippen LogP contribution in [0.4, 0.5) is 0 Å². The van der Waals surface area contributed by atoms with Crippen LogP contribution in [0.25, 0.3) is 0 Å². The Balaban J connectivity index is 4.68. The number of hydrogen-bond acceptors (Lipinski definition) is 4. The summed E-state index contributed by atoms with van der Waals surface area (Å²) in [5, 5.41) is 27.6. The van der Waals surface area contributed by atoms with E-state index in [9.17, 15) is 15.0 Å². The van der Waals surface area contributed by atoms with Gasteiger partial charge in [0.1, 0.15) is 5.54 Å². The van der Waals surface area contributed by atoms with Crippen molar-refractivity contribution in [3.63, 3.8) is 0 Å². The molecule has 2 atom stereocenters. The zero-order valence-corrected chi connectivity index (χ0v) is 9.77. The second kappa shape index (κ2) is 5.44. The third-order valence-corrected chi connectivity index (χ3v) is 2.28. The first kappa shape index (κ1) is 14.3. The predicted molar refractivity (Wildman–Crippen MR) is 56.6 cm³/mol. The summed E-state index contributed by atoms with van der Waals surface area (Å²) in [5.74, 6) is -0.969. The molecule has 0 saturated carbocycles. The number of nitrogens with zero attached hydrogens (tertiary/aromatic N) is 1. The molecule has 2 unspecified atom stereocenters. The first-order valence-corrected chi connectivity index (χ1v) is 5.02. The SMILES string of the molecule is CC(O)CN(CC(C)O)C(C)(C)C(=O)O. The third-order valence-electron chi connectivity index (χ3n) is 2.28. The number of aliphatic hydroxyl groups excluding tert-OH is 2. The van der Waals surface area contributed by atoms with E-state index >= 15 is 0 Å². The van der Waals surface area contributed by atoms with E-state index in [-0.39, 0.29) is 13.1 Å². The van der Waals surface area contributed by atoms with Gasteiger partial charge >= 0.3 is 5.97 Å². The summed E-state index contributed by atoms with van der Waals surface area (Å²) in [6.45, 7) is 6.74. The Labute approximate surface area is 90.3 Å². The van der Waals surface area contributed by atoms with Crippen LogP contribution in [0.5, 0.6) is 0 Å². The molecule has 0 aliphatic carbocycles. The van der Waals surface area contributed by atoms with Gasteiger partial charge in [-0.1, -0.05) is 0 Å². The molecule has 5 nitrogen and oxygen atoms in total. The molecule has 0 aromatic carbocycles. The van der Waals surface area contributed by atoms with E-state index < -0.39 is 23.7 Å². The minimum absolute atomic E-state index is 0.226. The number of carboxylic acids is 1. The molecule has 5 heteroatoms. The predicted octanol–water partition coefficient (Wildman–Crippen LogP) is -0.0868. The molecule has 0 aliphatic rings. The van der Waals surface area contributed by atoms with Crippen LogP contribution in [-0.4, -0.2) is 57.0 Å². The van der Waals surface area contributed by atoms with E-state index in [2.05, 4.69) is 0 Å². The Bertz CT molecular complexity index is 203. The van der Waals surface area contributed by atoms with Gasteiger partial charge in [-0.2, -0.15) is 0 Å². The zero-order chi connectivity index (χ0) is 12.2. The molecule has 0 spiro atoms. The molecule has 0 radical (unpaired) electrons. The van der Waals surface area contributed by atoms with Crippen LogP contribution in [-0.2, 0) is 4.79 Å². The number of rotatable bonds is 6. The van der Waals surface area contributed by atoms with Gasteiger partial charge in [0, 0.05) is 13.1 Å². The molecule has 0 aromatic rings. The van der Waals surface area contributed by atoms with Crippen molar-refractivity contribution in [1.29, 1.82) is 0 Å². The second-order valence-electron chi connectivity index (χ2n) is 4.47. The highest BCUT2D eigenvalue weighted by Gasteiger charge is 2.35. The lowest BCUT2D eigenvalue weighted by Gasteiger charge is -2.36. The highest BCUT2D eigenvalue weighted by molar-refractivity contribution is 5.77. The van der Waals surface area contributed by atoms with Crippen molar-refractivity contribution in [3.05, 3.63) is 0 Å². The number of aliphatic carboxylic acids is 1. The number of aliphatic hydroxyl groups is 2. The van der Waals surface area contributed by atoms with E-state index in [0.29, 0.717) is 0 Å². The molecule has 0 rings (SSSR count). The maximum absolute atomic E-state index is 11.0. The molecule has 15 heavy (non-hydrogen) atoms. The molecule has 3 N–H and O–H groups in total. The molecule has 0 aromatic heterocycles. The van der Waals surface area contributed by atoms with Crippen LogP contribution in [0, 0.1) is 0 Å². The number of hydrogen-bond donors (Lipinski definition) is 3. The average Bonchev–Trinajstić information content (AvgIpc) is 2.00. The Morgan fingerprint density at radius 3 is 1.73 bits per heavy atom. The molecule has 0 heterocycles. The van der Waals surface area contributed by atoms with Crippen molar-refractivity contribution in [2.24, 2.45) is 0 Å². The van der Waals surface area contributed by atoms with Gasteiger partial charge in [0.05, 0.1) is 12.2 Å². The van der Waals surface area contributed by atoms with Crippen molar-refractivity contribution in [3.8, 4) is 0 Å². The molecule has 90 valence electrons. The van der Waals surface area contributed by atoms with Crippen LogP contribution >= 0.6 is 0 Å². The Kier molecular flexibility index (Phi) is 5.20. The summed E-state index contributed by atoms with van der Waals surface area (Å²) in [6, 6.07) is 0. The van der Waals surface area contributed by atoms with Gasteiger partial charge < -0.3 is 15.3 Å². The third kappa shape index (κ3) is 4.59. The second-order valence-corrected chi connectivity index (χ2v) is 4.47. The maximum Gasteiger partial charge on any atom is 0.323 e. The minimum atomic E-state index is -1.09. The van der Waals surface area contributed by atoms with Crippen LogP contribution in [0.2, 0.25) is 0 Å². The van der Waals surface area contributed by atoms with Crippen molar-refractivity contribution in [2.45, 2.75) is 45.4 Å². The lowest BCUT2D eigenvalue weighted by Crippen LogP contribution is -2.54. The summed E-state index contributed by atoms with van der Waals surface area (Å²) >= 11 is 0. The van der Waals surface area contributed by atoms with Gasteiger partial charge in [0.2, 0.25) is 0 Å². The van der Waals surface area contributed by atoms with E-state index in [0.717, 1.165) is 0 Å². The number of carbonyl (C=O) groups is 1. The lowest BCUT2D eigenvalue weighted by atomic mass is 10.0. The van der Waals surface area contributed by atoms with Gasteiger partial charge in [0.25, 0.3) is 0 Å². The summed E-state index contributed by atoms with van der Waals surface area (Å²) in [7, 11) is 0. The number of carboxylic acid groups (broad SMARTS) is 1. The molecular weight excluding hydrogens is 198 g/mol. The van der Waals surface area contributed by atoms with Gasteiger partial charge in [-0.25, -0.2) is 0 Å². The molecule has 0 aliphatic heterocycles. The van der Waals surface area contributed by atoms with Crippen molar-refractivity contribution >= 4 is 5.97 Å². The van der Waals surface area contributed by atoms with Gasteiger partial charge in [-0.15, -0.1) is 0 Å². The van der Waals surface area contributed by atoms with Gasteiger partial charge in [0.15, 0.2) is 0 Å². The molecular formula is C10H21NO4. The lowest BCUT2D eigenvalue weighted by molar-refractivity contribution is -0.151. The normalized spacial score (nSPS) is 16.5. The first-order valence-electron chi connectivity index (χ1n) is 5.02. The smallest absolute Gasteiger partial charge is 0.323 e. The van der Waals surface area contributed by atoms with Crippen LogP contribution in [0.3, 0.4) is 0 Å². The Morgan fingerprint density at radius 1 is 1.20 bits per heavy atom. The fourth-order valence-corrected chi connectivity index (χ4v) is 1.30. The number of β-amino-alcohol motifs (C(OH)–C–C–N with tert-alkyl or cyclic N) is 2. The highest BCUT2D eigenvalue weighted by Crippen LogP contribution is 2.15. The average molecular weight is 219 g/mol. The monoisotopic (exact) mass is 219 g/mol. The van der Waals surface area contributed by atoms with E-state index in [4.69, 9.17) is 5.11 Å². The first-order chi connectivity index (χ1) is 6.67. The fraction of sp³-hybridized carbons (Fsp3) is 0.900. The van der Waals surface area contributed by atoms with E-state index in [1.54, 1.807) is 32.6 Å². The molecule has 0 bridgehead atoms. The minimum Gasteiger partial charge on any atom is -0.480 e. The van der Waals surface area contributed by atoms with Crippen molar-refractivity contribution < 1.29 is 20.1 Å². The molecule has 0 saturated heterocycles. The van der Waals surface area contributed by atoms with Crippen molar-refractivity contribution in [2.75, 3.05) is 13.1 Å². The molecule has 0 amide bonds. The van der Waals surface area contributed by atoms with E-state index in [1.807, 2.05) is 0 Å². The fourth-order valence-electron chi connectivity index (χ4n) is 1.30. The van der Waals surface area contributed by atoms with Gasteiger partial charge in [-0.3, -0.25) is 9.69 Å². The van der Waals surface area contributed by atoms with Crippen LogP contribution in [0.15, 0.2) is 0 Å². The quantitative estimate of drug-likeness (QED) is 0.582. The summed E-state index contributed by atoms with van der Waals surface area (Å²) < 4.78 is 0.